The van der Waals surface area contributed by atoms with Crippen molar-refractivity contribution >= 4 is 27.2 Å². The molecule has 2 N–H and O–H groups in total. The molecule has 9 heteroatoms. The van der Waals surface area contributed by atoms with Crippen LogP contribution >= 0.6 is 0 Å². The van der Waals surface area contributed by atoms with E-state index in [0.29, 0.717) is 18.1 Å². The van der Waals surface area contributed by atoms with Crippen molar-refractivity contribution in [3.63, 3.8) is 0 Å². The molecule has 3 aromatic rings. The molecule has 1 fully saturated rings. The van der Waals surface area contributed by atoms with E-state index >= 15 is 0 Å². The molecule has 0 bridgehead atoms. The van der Waals surface area contributed by atoms with Gasteiger partial charge in [0.2, 0.25) is 10.0 Å². The van der Waals surface area contributed by atoms with Gasteiger partial charge >= 0.3 is 0 Å². The topological polar surface area (TPSA) is 91.6 Å². The second-order valence-corrected chi connectivity index (χ2v) is 9.11. The van der Waals surface area contributed by atoms with Gasteiger partial charge in [0.15, 0.2) is 11.5 Å². The Labute approximate surface area is 171 Å². The van der Waals surface area contributed by atoms with Crippen molar-refractivity contribution in [1.29, 1.82) is 0 Å². The normalized spacial score (nSPS) is 15.5. The first-order valence-electron chi connectivity index (χ1n) is 9.89. The first-order valence-corrected chi connectivity index (χ1v) is 11.5. The minimum Gasteiger partial charge on any atom is -0.370 e. The first kappa shape index (κ1) is 19.7. The van der Waals surface area contributed by atoms with Crippen LogP contribution in [0.2, 0.25) is 0 Å². The van der Waals surface area contributed by atoms with Crippen LogP contribution in [-0.4, -0.2) is 60.1 Å². The van der Waals surface area contributed by atoms with Crippen molar-refractivity contribution < 1.29 is 8.42 Å². The highest BCUT2D eigenvalue weighted by Gasteiger charge is 2.16. The molecule has 0 aliphatic carbocycles. The number of hydrogen-bond acceptors (Lipinski definition) is 6. The minimum atomic E-state index is -3.37. The van der Waals surface area contributed by atoms with E-state index in [9.17, 15) is 8.42 Å². The Kier molecular flexibility index (Phi) is 5.68. The van der Waals surface area contributed by atoms with Gasteiger partial charge in [-0.05, 0) is 38.1 Å². The number of benzene rings is 1. The number of hydrogen-bond donors (Lipinski definition) is 2. The number of nitrogens with one attached hydrogen (secondary N) is 2. The van der Waals surface area contributed by atoms with Crippen molar-refractivity contribution in [3.8, 4) is 11.3 Å². The van der Waals surface area contributed by atoms with Crippen molar-refractivity contribution in [3.05, 3.63) is 42.9 Å². The summed E-state index contributed by atoms with van der Waals surface area (Å²) in [5.41, 5.74) is 3.17. The number of anilines is 2. The molecule has 1 aliphatic heterocycles. The highest BCUT2D eigenvalue weighted by atomic mass is 32.2. The zero-order valence-corrected chi connectivity index (χ0v) is 17.3. The van der Waals surface area contributed by atoms with Crippen molar-refractivity contribution in [1.82, 2.24) is 19.3 Å². The number of nitrogens with zero attached hydrogens (tertiary/aromatic N) is 4. The third-order valence-electron chi connectivity index (χ3n) is 5.24. The van der Waals surface area contributed by atoms with E-state index in [2.05, 4.69) is 24.9 Å². The van der Waals surface area contributed by atoms with Crippen LogP contribution < -0.4 is 10.0 Å². The predicted molar refractivity (Wildman–Crippen MR) is 116 cm³/mol. The van der Waals surface area contributed by atoms with Gasteiger partial charge in [-0.15, -0.1) is 0 Å². The summed E-state index contributed by atoms with van der Waals surface area (Å²) in [5, 5.41) is 3.03. The van der Waals surface area contributed by atoms with Crippen LogP contribution in [0.5, 0.6) is 0 Å². The fourth-order valence-corrected chi connectivity index (χ4v) is 4.78. The van der Waals surface area contributed by atoms with E-state index in [4.69, 9.17) is 0 Å². The van der Waals surface area contributed by atoms with Crippen LogP contribution in [0.1, 0.15) is 19.3 Å². The summed E-state index contributed by atoms with van der Waals surface area (Å²) in [6.45, 7) is 2.57. The van der Waals surface area contributed by atoms with E-state index in [0.717, 1.165) is 42.8 Å². The minimum absolute atomic E-state index is 0.113. The first-order chi connectivity index (χ1) is 14.1. The predicted octanol–water partition coefficient (Wildman–Crippen LogP) is 2.67. The SMILES string of the molecule is CNc1nccn2c(-c3ccc(NS(=O)(=O)CCN4CCCCC4)cc3)cnc12. The van der Waals surface area contributed by atoms with Crippen molar-refractivity contribution in [2.75, 3.05) is 42.5 Å². The van der Waals surface area contributed by atoms with E-state index in [1.165, 1.54) is 6.42 Å². The van der Waals surface area contributed by atoms with E-state index < -0.39 is 10.0 Å². The summed E-state index contributed by atoms with van der Waals surface area (Å²) >= 11 is 0. The number of sulfonamides is 1. The molecular formula is C20H26N6O2S. The molecule has 1 aliphatic rings. The number of rotatable bonds is 7. The number of aromatic nitrogens is 3. The Bertz CT molecular complexity index is 1070. The maximum Gasteiger partial charge on any atom is 0.233 e. The quantitative estimate of drug-likeness (QED) is 0.618. The lowest BCUT2D eigenvalue weighted by molar-refractivity contribution is 0.241. The molecule has 2 aromatic heterocycles. The molecule has 0 spiro atoms. The third kappa shape index (κ3) is 4.51. The number of imidazole rings is 1. The van der Waals surface area contributed by atoms with Crippen LogP contribution in [0, 0.1) is 0 Å². The molecule has 4 rings (SSSR count). The van der Waals surface area contributed by atoms with E-state index in [1.807, 2.05) is 29.8 Å². The maximum atomic E-state index is 12.4. The van der Waals surface area contributed by atoms with Gasteiger partial charge in [-0.3, -0.25) is 9.12 Å². The largest absolute Gasteiger partial charge is 0.370 e. The fourth-order valence-electron chi connectivity index (χ4n) is 3.68. The van der Waals surface area contributed by atoms with Gasteiger partial charge in [0, 0.05) is 37.2 Å². The lowest BCUT2D eigenvalue weighted by Crippen LogP contribution is -2.35. The molecule has 3 heterocycles. The van der Waals surface area contributed by atoms with Gasteiger partial charge < -0.3 is 10.2 Å². The number of fused-ring (bicyclic) bond motifs is 1. The molecule has 0 amide bonds. The van der Waals surface area contributed by atoms with Gasteiger partial charge in [0.1, 0.15) is 0 Å². The smallest absolute Gasteiger partial charge is 0.233 e. The highest BCUT2D eigenvalue weighted by Crippen LogP contribution is 2.25. The van der Waals surface area contributed by atoms with Crippen molar-refractivity contribution in [2.45, 2.75) is 19.3 Å². The Morgan fingerprint density at radius 2 is 1.83 bits per heavy atom. The van der Waals surface area contributed by atoms with Gasteiger partial charge in [-0.1, -0.05) is 18.6 Å². The summed E-state index contributed by atoms with van der Waals surface area (Å²) in [6, 6.07) is 7.36. The molecule has 8 nitrogen and oxygen atoms in total. The molecular weight excluding hydrogens is 388 g/mol. The third-order valence-corrected chi connectivity index (χ3v) is 6.51. The van der Waals surface area contributed by atoms with Crippen LogP contribution in [0.15, 0.2) is 42.9 Å². The monoisotopic (exact) mass is 414 g/mol. The van der Waals surface area contributed by atoms with Gasteiger partial charge in [-0.25, -0.2) is 18.4 Å². The van der Waals surface area contributed by atoms with Gasteiger partial charge in [0.05, 0.1) is 17.6 Å². The molecule has 1 saturated heterocycles. The molecule has 0 atom stereocenters. The Balaban J connectivity index is 1.45. The average Bonchev–Trinajstić information content (AvgIpc) is 3.18. The summed E-state index contributed by atoms with van der Waals surface area (Å²) in [4.78, 5) is 10.9. The van der Waals surface area contributed by atoms with Crippen molar-refractivity contribution in [2.24, 2.45) is 0 Å². The number of piperidine rings is 1. The molecule has 1 aromatic carbocycles. The van der Waals surface area contributed by atoms with Crippen LogP contribution in [0.25, 0.3) is 16.9 Å². The highest BCUT2D eigenvalue weighted by molar-refractivity contribution is 7.92. The van der Waals surface area contributed by atoms with E-state index in [1.54, 1.807) is 24.5 Å². The molecule has 0 unspecified atom stereocenters. The lowest BCUT2D eigenvalue weighted by Gasteiger charge is -2.26. The lowest BCUT2D eigenvalue weighted by atomic mass is 10.1. The Morgan fingerprint density at radius 1 is 1.07 bits per heavy atom. The maximum absolute atomic E-state index is 12.4. The van der Waals surface area contributed by atoms with Gasteiger partial charge in [-0.2, -0.15) is 0 Å². The molecule has 0 saturated carbocycles. The van der Waals surface area contributed by atoms with E-state index in [-0.39, 0.29) is 5.75 Å². The second kappa shape index (κ2) is 8.38. The second-order valence-electron chi connectivity index (χ2n) is 7.26. The molecule has 0 radical (unpaired) electrons. The zero-order valence-electron chi connectivity index (χ0n) is 16.5. The molecule has 154 valence electrons. The Morgan fingerprint density at radius 3 is 2.55 bits per heavy atom. The Hall–Kier alpha value is -2.65. The van der Waals surface area contributed by atoms with Crippen LogP contribution in [0.3, 0.4) is 0 Å². The van der Waals surface area contributed by atoms with Crippen LogP contribution in [0.4, 0.5) is 11.5 Å². The zero-order chi connectivity index (χ0) is 20.3. The van der Waals surface area contributed by atoms with Gasteiger partial charge in [0.25, 0.3) is 0 Å². The fraction of sp³-hybridized carbons (Fsp3) is 0.400. The summed E-state index contributed by atoms with van der Waals surface area (Å²) in [7, 11) is -1.56. The standard InChI is InChI=1S/C20H26N6O2S/c1-21-19-20-23-15-18(26(20)12-9-22-19)16-5-7-17(8-6-16)24-29(27,28)14-13-25-10-3-2-4-11-25/h5-9,12,15,24H,2-4,10-11,13-14H2,1H3,(H,21,22). The summed E-state index contributed by atoms with van der Waals surface area (Å²) < 4.78 is 29.5. The summed E-state index contributed by atoms with van der Waals surface area (Å²) in [6.07, 6.45) is 8.92. The van der Waals surface area contributed by atoms with Crippen LogP contribution in [-0.2, 0) is 10.0 Å². The summed E-state index contributed by atoms with van der Waals surface area (Å²) in [5.74, 6) is 0.818. The average molecular weight is 415 g/mol. The number of likely N-dealkylation sites (tertiary alicyclic amines) is 1. The molecule has 29 heavy (non-hydrogen) atoms.